The maximum atomic E-state index is 13.2. The zero-order chi connectivity index (χ0) is 13.5. The lowest BCUT2D eigenvalue weighted by Gasteiger charge is -2.08. The lowest BCUT2D eigenvalue weighted by Crippen LogP contribution is -2.26. The number of hydrogen-bond acceptors (Lipinski definition) is 3. The van der Waals surface area contributed by atoms with Gasteiger partial charge in [-0.3, -0.25) is 4.79 Å². The monoisotopic (exact) mass is 258 g/mol. The van der Waals surface area contributed by atoms with E-state index in [1.807, 2.05) is 6.92 Å². The molecule has 0 bridgehead atoms. The van der Waals surface area contributed by atoms with Gasteiger partial charge in [0, 0.05) is 19.3 Å². The number of carbonyl (C=O) groups excluding carboxylic acids is 1. The normalized spacial score (nSPS) is 12.2. The van der Waals surface area contributed by atoms with Crippen LogP contribution in [0, 0.1) is 17.7 Å². The highest BCUT2D eigenvalue weighted by Gasteiger charge is 2.15. The van der Waals surface area contributed by atoms with Crippen molar-refractivity contribution in [1.29, 1.82) is 0 Å². The average Bonchev–Trinajstić information content (AvgIpc) is 2.37. The second-order valence-corrected chi connectivity index (χ2v) is 4.15. The minimum Gasteiger partial charge on any atom is -0.396 e. The summed E-state index contributed by atoms with van der Waals surface area (Å²) >= 11 is 0. The number of aliphatic hydroxyl groups is 1. The highest BCUT2D eigenvalue weighted by molar-refractivity contribution is 5.94. The standard InChI is InChI=1S/C12H16F2N2O2/c1-8(7-17)3-2-5-16-12(18)9-4-6-15-11(14)10(9)13/h4,6,8,17H,2-3,5,7H2,1H3,(H,16,18). The zero-order valence-corrected chi connectivity index (χ0v) is 10.1. The highest BCUT2D eigenvalue weighted by atomic mass is 19.2. The number of pyridine rings is 1. The van der Waals surface area contributed by atoms with Gasteiger partial charge in [0.1, 0.15) is 0 Å². The second-order valence-electron chi connectivity index (χ2n) is 4.15. The van der Waals surface area contributed by atoms with Gasteiger partial charge in [-0.15, -0.1) is 0 Å². The van der Waals surface area contributed by atoms with Crippen LogP contribution in [0.2, 0.25) is 0 Å². The lowest BCUT2D eigenvalue weighted by molar-refractivity contribution is 0.0946. The van der Waals surface area contributed by atoms with Crippen LogP contribution < -0.4 is 5.32 Å². The van der Waals surface area contributed by atoms with Crippen molar-refractivity contribution in [2.75, 3.05) is 13.2 Å². The van der Waals surface area contributed by atoms with E-state index in [9.17, 15) is 13.6 Å². The van der Waals surface area contributed by atoms with Crippen LogP contribution in [0.15, 0.2) is 12.3 Å². The molecule has 0 aromatic carbocycles. The van der Waals surface area contributed by atoms with Gasteiger partial charge >= 0.3 is 0 Å². The Morgan fingerprint density at radius 1 is 1.56 bits per heavy atom. The van der Waals surface area contributed by atoms with Crippen molar-refractivity contribution in [2.45, 2.75) is 19.8 Å². The van der Waals surface area contributed by atoms with Gasteiger partial charge in [-0.05, 0) is 24.8 Å². The van der Waals surface area contributed by atoms with E-state index in [-0.39, 0.29) is 18.1 Å². The summed E-state index contributed by atoms with van der Waals surface area (Å²) in [4.78, 5) is 14.6. The molecule has 0 aliphatic rings. The molecule has 0 spiro atoms. The smallest absolute Gasteiger partial charge is 0.254 e. The maximum absolute atomic E-state index is 13.2. The van der Waals surface area contributed by atoms with Crippen molar-refractivity contribution in [3.05, 3.63) is 29.6 Å². The molecule has 1 aromatic heterocycles. The molecule has 4 nitrogen and oxygen atoms in total. The number of hydrogen-bond donors (Lipinski definition) is 2. The summed E-state index contributed by atoms with van der Waals surface area (Å²) in [7, 11) is 0. The van der Waals surface area contributed by atoms with Crippen LogP contribution in [-0.2, 0) is 0 Å². The van der Waals surface area contributed by atoms with Crippen molar-refractivity contribution in [1.82, 2.24) is 10.3 Å². The molecule has 1 unspecified atom stereocenters. The van der Waals surface area contributed by atoms with Crippen LogP contribution >= 0.6 is 0 Å². The van der Waals surface area contributed by atoms with E-state index < -0.39 is 17.7 Å². The maximum Gasteiger partial charge on any atom is 0.254 e. The van der Waals surface area contributed by atoms with E-state index in [0.717, 1.165) is 18.7 Å². The quantitative estimate of drug-likeness (QED) is 0.600. The zero-order valence-electron chi connectivity index (χ0n) is 10.1. The summed E-state index contributed by atoms with van der Waals surface area (Å²) in [6, 6.07) is 1.13. The van der Waals surface area contributed by atoms with E-state index in [0.29, 0.717) is 13.0 Å². The number of aromatic nitrogens is 1. The Bertz CT molecular complexity index is 413. The molecule has 2 N–H and O–H groups in total. The van der Waals surface area contributed by atoms with E-state index in [1.165, 1.54) is 0 Å². The molecular weight excluding hydrogens is 242 g/mol. The molecule has 0 aliphatic carbocycles. The average molecular weight is 258 g/mol. The molecule has 1 heterocycles. The number of carbonyl (C=O) groups is 1. The SMILES string of the molecule is CC(CO)CCCNC(=O)c1ccnc(F)c1F. The second kappa shape index (κ2) is 7.00. The largest absolute Gasteiger partial charge is 0.396 e. The van der Waals surface area contributed by atoms with Gasteiger partial charge in [-0.25, -0.2) is 9.37 Å². The molecule has 0 radical (unpaired) electrons. The number of rotatable bonds is 6. The van der Waals surface area contributed by atoms with Crippen LogP contribution in [0.5, 0.6) is 0 Å². The van der Waals surface area contributed by atoms with Gasteiger partial charge in [0.15, 0.2) is 5.82 Å². The van der Waals surface area contributed by atoms with Crippen LogP contribution in [-0.4, -0.2) is 29.1 Å². The summed E-state index contributed by atoms with van der Waals surface area (Å²) in [5.41, 5.74) is -0.349. The van der Waals surface area contributed by atoms with Crippen molar-refractivity contribution >= 4 is 5.91 Å². The highest BCUT2D eigenvalue weighted by Crippen LogP contribution is 2.09. The number of aliphatic hydroxyl groups excluding tert-OH is 1. The Kier molecular flexibility index (Phi) is 5.64. The molecule has 6 heteroatoms. The Morgan fingerprint density at radius 3 is 2.94 bits per heavy atom. The first kappa shape index (κ1) is 14.5. The summed E-state index contributed by atoms with van der Waals surface area (Å²) < 4.78 is 26.0. The van der Waals surface area contributed by atoms with Gasteiger partial charge in [0.2, 0.25) is 5.95 Å². The number of amides is 1. The summed E-state index contributed by atoms with van der Waals surface area (Å²) in [5, 5.41) is 11.3. The van der Waals surface area contributed by atoms with Crippen molar-refractivity contribution in [3.8, 4) is 0 Å². The first-order valence-corrected chi connectivity index (χ1v) is 5.75. The fraction of sp³-hybridized carbons (Fsp3) is 0.500. The van der Waals surface area contributed by atoms with Gasteiger partial charge in [-0.2, -0.15) is 4.39 Å². The Hall–Kier alpha value is -1.56. The van der Waals surface area contributed by atoms with Crippen molar-refractivity contribution in [2.24, 2.45) is 5.92 Å². The van der Waals surface area contributed by atoms with E-state index in [1.54, 1.807) is 0 Å². The number of nitrogens with one attached hydrogen (secondary N) is 1. The molecule has 1 amide bonds. The minimum atomic E-state index is -1.28. The Morgan fingerprint density at radius 2 is 2.28 bits per heavy atom. The van der Waals surface area contributed by atoms with Crippen molar-refractivity contribution in [3.63, 3.8) is 0 Å². The third-order valence-electron chi connectivity index (χ3n) is 2.56. The third kappa shape index (κ3) is 4.03. The Balaban J connectivity index is 2.44. The molecule has 1 aromatic rings. The van der Waals surface area contributed by atoms with Gasteiger partial charge < -0.3 is 10.4 Å². The van der Waals surface area contributed by atoms with E-state index in [4.69, 9.17) is 5.11 Å². The first-order valence-electron chi connectivity index (χ1n) is 5.75. The predicted octanol–water partition coefficient (Wildman–Crippen LogP) is 1.50. The van der Waals surface area contributed by atoms with Gasteiger partial charge in [0.05, 0.1) is 5.56 Å². The fourth-order valence-electron chi connectivity index (χ4n) is 1.43. The lowest BCUT2D eigenvalue weighted by atomic mass is 10.1. The summed E-state index contributed by atoms with van der Waals surface area (Å²) in [6.07, 6.45) is 2.47. The van der Waals surface area contributed by atoms with Crippen LogP contribution in [0.4, 0.5) is 8.78 Å². The van der Waals surface area contributed by atoms with Gasteiger partial charge in [-0.1, -0.05) is 6.92 Å². The molecule has 1 rings (SSSR count). The third-order valence-corrected chi connectivity index (χ3v) is 2.56. The van der Waals surface area contributed by atoms with Crippen LogP contribution in [0.25, 0.3) is 0 Å². The molecule has 100 valence electrons. The topological polar surface area (TPSA) is 62.2 Å². The number of nitrogens with zero attached hydrogens (tertiary/aromatic N) is 1. The molecule has 0 aliphatic heterocycles. The molecule has 18 heavy (non-hydrogen) atoms. The molecular formula is C12H16F2N2O2. The molecule has 0 saturated carbocycles. The van der Waals surface area contributed by atoms with Gasteiger partial charge in [0.25, 0.3) is 5.91 Å². The molecule has 0 fully saturated rings. The number of halogens is 2. The fourth-order valence-corrected chi connectivity index (χ4v) is 1.43. The van der Waals surface area contributed by atoms with E-state index >= 15 is 0 Å². The predicted molar refractivity (Wildman–Crippen MR) is 62.0 cm³/mol. The van der Waals surface area contributed by atoms with E-state index in [2.05, 4.69) is 10.3 Å². The Labute approximate surface area is 104 Å². The summed E-state index contributed by atoms with van der Waals surface area (Å²) in [6.45, 7) is 2.34. The molecule has 0 saturated heterocycles. The van der Waals surface area contributed by atoms with Crippen molar-refractivity contribution < 1.29 is 18.7 Å². The first-order chi connectivity index (χ1) is 8.56. The summed E-state index contributed by atoms with van der Waals surface area (Å²) in [5.74, 6) is -3.02. The minimum absolute atomic E-state index is 0.0954. The van der Waals surface area contributed by atoms with Crippen LogP contribution in [0.1, 0.15) is 30.1 Å². The van der Waals surface area contributed by atoms with Crippen LogP contribution in [0.3, 0.4) is 0 Å². The molecule has 1 atom stereocenters.